The number of ether oxygens (including phenoxy) is 3. The van der Waals surface area contributed by atoms with Crippen LogP contribution in [0.2, 0.25) is 0 Å². The molecular weight excluding hydrogens is 428 g/mol. The van der Waals surface area contributed by atoms with E-state index >= 15 is 0 Å². The molecule has 1 aromatic heterocycles. The number of nitrogens with zero attached hydrogens (tertiary/aromatic N) is 1. The van der Waals surface area contributed by atoms with Crippen molar-refractivity contribution in [1.82, 2.24) is 5.16 Å². The quantitative estimate of drug-likeness (QED) is 0.515. The van der Waals surface area contributed by atoms with Crippen LogP contribution in [0.4, 0.5) is 5.69 Å². The topological polar surface area (TPSA) is 117 Å². The van der Waals surface area contributed by atoms with Gasteiger partial charge < -0.3 is 24.1 Å². The molecule has 0 atom stereocenters. The van der Waals surface area contributed by atoms with Gasteiger partial charge in [-0.25, -0.2) is 9.59 Å². The van der Waals surface area contributed by atoms with E-state index in [-0.39, 0.29) is 29.1 Å². The molecule has 172 valence electrons. The number of esters is 2. The first-order valence-corrected chi connectivity index (χ1v) is 10.1. The maximum atomic E-state index is 12.5. The maximum Gasteiger partial charge on any atom is 0.337 e. The predicted molar refractivity (Wildman–Crippen MR) is 118 cm³/mol. The highest BCUT2D eigenvalue weighted by molar-refractivity contribution is 5.99. The number of aromatic nitrogens is 1. The van der Waals surface area contributed by atoms with Gasteiger partial charge in [-0.1, -0.05) is 17.3 Å². The molecule has 0 aliphatic heterocycles. The van der Waals surface area contributed by atoms with Crippen LogP contribution >= 0.6 is 0 Å². The minimum atomic E-state index is -0.636. The van der Waals surface area contributed by atoms with Crippen LogP contribution in [0.3, 0.4) is 0 Å². The maximum absolute atomic E-state index is 12.5. The Hall–Kier alpha value is -4.14. The zero-order valence-corrected chi connectivity index (χ0v) is 18.8. The average molecular weight is 452 g/mol. The van der Waals surface area contributed by atoms with E-state index in [1.54, 1.807) is 24.3 Å². The molecule has 1 N–H and O–H groups in total. The Morgan fingerprint density at radius 2 is 1.55 bits per heavy atom. The number of amides is 1. The smallest absolute Gasteiger partial charge is 0.337 e. The standard InChI is InChI=1S/C24H24N2O7/c1-14-21(15(2)33-26-14)13-32-20-7-5-16(6-8-20)9-22(27)25-19-11-17(23(28)30-3)10-18(12-19)24(29)31-4/h5-8,10-12H,9,13H2,1-4H3,(H,25,27). The second-order valence-electron chi connectivity index (χ2n) is 7.24. The Morgan fingerprint density at radius 3 is 2.06 bits per heavy atom. The Bertz CT molecular complexity index is 1110. The number of methoxy groups -OCH3 is 2. The molecule has 1 heterocycles. The van der Waals surface area contributed by atoms with Crippen LogP contribution in [-0.2, 0) is 27.3 Å². The zero-order valence-electron chi connectivity index (χ0n) is 18.8. The molecule has 0 saturated heterocycles. The number of anilines is 1. The third-order valence-electron chi connectivity index (χ3n) is 4.91. The van der Waals surface area contributed by atoms with Gasteiger partial charge in [0.25, 0.3) is 0 Å². The SMILES string of the molecule is COC(=O)c1cc(NC(=O)Cc2ccc(OCc3c(C)noc3C)cc2)cc(C(=O)OC)c1. The van der Waals surface area contributed by atoms with E-state index in [4.69, 9.17) is 18.7 Å². The van der Waals surface area contributed by atoms with Gasteiger partial charge in [-0.05, 0) is 49.7 Å². The molecule has 0 bridgehead atoms. The van der Waals surface area contributed by atoms with Crippen LogP contribution in [0.15, 0.2) is 47.0 Å². The average Bonchev–Trinajstić information content (AvgIpc) is 3.14. The van der Waals surface area contributed by atoms with Crippen molar-refractivity contribution in [3.63, 3.8) is 0 Å². The van der Waals surface area contributed by atoms with Crippen LogP contribution in [-0.4, -0.2) is 37.2 Å². The number of carbonyl (C=O) groups excluding carboxylic acids is 3. The molecule has 3 aromatic rings. The molecule has 0 unspecified atom stereocenters. The summed E-state index contributed by atoms with van der Waals surface area (Å²) in [5.41, 5.74) is 2.97. The zero-order chi connectivity index (χ0) is 24.0. The number of rotatable bonds is 8. The fourth-order valence-corrected chi connectivity index (χ4v) is 3.13. The monoisotopic (exact) mass is 452 g/mol. The van der Waals surface area contributed by atoms with Crippen molar-refractivity contribution in [2.45, 2.75) is 26.9 Å². The number of hydrogen-bond acceptors (Lipinski definition) is 8. The van der Waals surface area contributed by atoms with Crippen LogP contribution < -0.4 is 10.1 Å². The highest BCUT2D eigenvalue weighted by Gasteiger charge is 2.15. The van der Waals surface area contributed by atoms with Gasteiger partial charge in [0.05, 0.1) is 43.0 Å². The molecule has 9 heteroatoms. The summed E-state index contributed by atoms with van der Waals surface area (Å²) in [6, 6.07) is 11.3. The number of carbonyl (C=O) groups is 3. The Kier molecular flexibility index (Phi) is 7.45. The lowest BCUT2D eigenvalue weighted by Crippen LogP contribution is -2.16. The van der Waals surface area contributed by atoms with Crippen molar-refractivity contribution in [3.8, 4) is 5.75 Å². The number of aryl methyl sites for hydroxylation is 2. The van der Waals surface area contributed by atoms with Crippen molar-refractivity contribution < 1.29 is 33.1 Å². The molecule has 2 aromatic carbocycles. The lowest BCUT2D eigenvalue weighted by molar-refractivity contribution is -0.115. The number of nitrogens with one attached hydrogen (secondary N) is 1. The summed E-state index contributed by atoms with van der Waals surface area (Å²) in [6.45, 7) is 4.02. The van der Waals surface area contributed by atoms with Gasteiger partial charge in [0.15, 0.2) is 0 Å². The van der Waals surface area contributed by atoms with E-state index in [2.05, 4.69) is 10.5 Å². The van der Waals surface area contributed by atoms with E-state index in [1.807, 2.05) is 13.8 Å². The Morgan fingerprint density at radius 1 is 0.939 bits per heavy atom. The summed E-state index contributed by atoms with van der Waals surface area (Å²) in [5.74, 6) is -0.232. The normalized spacial score (nSPS) is 10.4. The minimum absolute atomic E-state index is 0.0835. The fourth-order valence-electron chi connectivity index (χ4n) is 3.13. The van der Waals surface area contributed by atoms with Crippen molar-refractivity contribution in [2.24, 2.45) is 0 Å². The third-order valence-corrected chi connectivity index (χ3v) is 4.91. The second-order valence-corrected chi connectivity index (χ2v) is 7.24. The van der Waals surface area contributed by atoms with Gasteiger partial charge in [0.2, 0.25) is 5.91 Å². The number of hydrogen-bond donors (Lipinski definition) is 1. The summed E-state index contributed by atoms with van der Waals surface area (Å²) >= 11 is 0. The molecule has 0 aliphatic rings. The summed E-state index contributed by atoms with van der Waals surface area (Å²) in [4.78, 5) is 36.3. The largest absolute Gasteiger partial charge is 0.489 e. The van der Waals surface area contributed by atoms with Gasteiger partial charge in [0.1, 0.15) is 18.1 Å². The first-order chi connectivity index (χ1) is 15.8. The van der Waals surface area contributed by atoms with Gasteiger partial charge in [0, 0.05) is 5.69 Å². The summed E-state index contributed by atoms with van der Waals surface area (Å²) in [5, 5.41) is 6.60. The van der Waals surface area contributed by atoms with Crippen molar-refractivity contribution in [2.75, 3.05) is 19.5 Å². The van der Waals surface area contributed by atoms with Crippen molar-refractivity contribution in [3.05, 3.63) is 76.2 Å². The van der Waals surface area contributed by atoms with Crippen LogP contribution in [0.1, 0.15) is 43.3 Å². The van der Waals surface area contributed by atoms with Gasteiger partial charge in [-0.3, -0.25) is 4.79 Å². The summed E-state index contributed by atoms with van der Waals surface area (Å²) in [7, 11) is 2.46. The van der Waals surface area contributed by atoms with Crippen molar-refractivity contribution >= 4 is 23.5 Å². The summed E-state index contributed by atoms with van der Waals surface area (Å²) < 4.78 is 20.3. The third kappa shape index (κ3) is 5.97. The van der Waals surface area contributed by atoms with Crippen LogP contribution in [0, 0.1) is 13.8 Å². The highest BCUT2D eigenvalue weighted by atomic mass is 16.5. The number of benzene rings is 2. The summed E-state index contributed by atoms with van der Waals surface area (Å²) in [6.07, 6.45) is 0.0835. The molecule has 0 radical (unpaired) electrons. The van der Waals surface area contributed by atoms with Crippen LogP contribution in [0.5, 0.6) is 5.75 Å². The minimum Gasteiger partial charge on any atom is -0.489 e. The van der Waals surface area contributed by atoms with Gasteiger partial charge >= 0.3 is 11.9 Å². The van der Waals surface area contributed by atoms with Crippen LogP contribution in [0.25, 0.3) is 0 Å². The lowest BCUT2D eigenvalue weighted by Gasteiger charge is -2.10. The molecule has 0 spiro atoms. The van der Waals surface area contributed by atoms with E-state index in [0.29, 0.717) is 18.1 Å². The lowest BCUT2D eigenvalue weighted by atomic mass is 10.1. The fraction of sp³-hybridized carbons (Fsp3) is 0.250. The second kappa shape index (κ2) is 10.4. The molecular formula is C24H24N2O7. The molecule has 33 heavy (non-hydrogen) atoms. The predicted octanol–water partition coefficient (Wildman–Crippen LogP) is 3.62. The van der Waals surface area contributed by atoms with Gasteiger partial charge in [-0.15, -0.1) is 0 Å². The first kappa shape index (κ1) is 23.5. The first-order valence-electron chi connectivity index (χ1n) is 10.1. The van der Waals surface area contributed by atoms with E-state index < -0.39 is 11.9 Å². The molecule has 0 saturated carbocycles. The van der Waals surface area contributed by atoms with Crippen molar-refractivity contribution in [1.29, 1.82) is 0 Å². The highest BCUT2D eigenvalue weighted by Crippen LogP contribution is 2.20. The van der Waals surface area contributed by atoms with E-state index in [9.17, 15) is 14.4 Å². The molecule has 3 rings (SSSR count). The Labute approximate surface area is 190 Å². The molecule has 9 nitrogen and oxygen atoms in total. The molecule has 0 aliphatic carbocycles. The Balaban J connectivity index is 1.64. The van der Waals surface area contributed by atoms with Gasteiger partial charge in [-0.2, -0.15) is 0 Å². The van der Waals surface area contributed by atoms with E-state index in [0.717, 1.165) is 16.8 Å². The van der Waals surface area contributed by atoms with E-state index in [1.165, 1.54) is 32.4 Å². The molecule has 0 fully saturated rings. The molecule has 1 amide bonds.